The van der Waals surface area contributed by atoms with Crippen LogP contribution in [0.25, 0.3) is 0 Å². The predicted molar refractivity (Wildman–Crippen MR) is 110 cm³/mol. The highest BCUT2D eigenvalue weighted by Gasteiger charge is 2.33. The van der Waals surface area contributed by atoms with Gasteiger partial charge in [0.25, 0.3) is 0 Å². The van der Waals surface area contributed by atoms with Crippen molar-refractivity contribution in [2.24, 2.45) is 0 Å². The molecule has 2 fully saturated rings. The molecule has 0 N–H and O–H groups in total. The van der Waals surface area contributed by atoms with Gasteiger partial charge < -0.3 is 4.90 Å². The molecule has 30 heavy (non-hydrogen) atoms. The minimum absolute atomic E-state index is 0.409. The van der Waals surface area contributed by atoms with Crippen molar-refractivity contribution in [2.45, 2.75) is 31.6 Å². The van der Waals surface area contributed by atoms with Gasteiger partial charge in [-0.25, -0.2) is 4.98 Å². The topological polar surface area (TPSA) is 46.4 Å². The van der Waals surface area contributed by atoms with E-state index in [9.17, 15) is 13.2 Å². The van der Waals surface area contributed by atoms with Gasteiger partial charge in [-0.1, -0.05) is 6.07 Å². The summed E-state index contributed by atoms with van der Waals surface area (Å²) in [6.45, 7) is 6.03. The molecule has 5 nitrogen and oxygen atoms in total. The molecule has 4 heterocycles. The van der Waals surface area contributed by atoms with Crippen molar-refractivity contribution >= 4 is 17.2 Å². The van der Waals surface area contributed by atoms with Crippen LogP contribution in [0.2, 0.25) is 0 Å². The lowest BCUT2D eigenvalue weighted by molar-refractivity contribution is -0.141. The van der Waals surface area contributed by atoms with Crippen LogP contribution >= 0.6 is 11.3 Å². The fourth-order valence-electron chi connectivity index (χ4n) is 4.26. The Morgan fingerprint density at radius 3 is 2.40 bits per heavy atom. The molecule has 0 aliphatic carbocycles. The van der Waals surface area contributed by atoms with E-state index in [0.29, 0.717) is 24.9 Å². The number of piperidine rings is 1. The molecule has 2 aliphatic heterocycles. The third-order valence-corrected chi connectivity index (χ3v) is 6.86. The number of likely N-dealkylation sites (tertiary alicyclic amines) is 1. The number of hydrogen-bond donors (Lipinski definition) is 0. The zero-order valence-corrected chi connectivity index (χ0v) is 17.4. The highest BCUT2D eigenvalue weighted by molar-refractivity contribution is 7.12. The number of hydrogen-bond acceptors (Lipinski definition) is 6. The first kappa shape index (κ1) is 21.1. The van der Waals surface area contributed by atoms with Gasteiger partial charge in [0.05, 0.1) is 0 Å². The minimum Gasteiger partial charge on any atom is -0.354 e. The summed E-state index contributed by atoms with van der Waals surface area (Å²) in [5.41, 5.74) is -0.831. The van der Waals surface area contributed by atoms with Crippen LogP contribution in [0, 0.1) is 11.3 Å². The van der Waals surface area contributed by atoms with Crippen LogP contribution in [0.4, 0.5) is 19.0 Å². The van der Waals surface area contributed by atoms with Gasteiger partial charge in [0.1, 0.15) is 22.5 Å². The number of alkyl halides is 3. The Morgan fingerprint density at radius 2 is 1.77 bits per heavy atom. The minimum atomic E-state index is -4.41. The summed E-state index contributed by atoms with van der Waals surface area (Å²) in [4.78, 5) is 12.7. The molecule has 0 atom stereocenters. The molecule has 0 unspecified atom stereocenters. The third-order valence-electron chi connectivity index (χ3n) is 5.89. The number of pyridine rings is 1. The SMILES string of the molecule is N#Cc1ccc(CN2CCC(N3CCN(c4cccc(C(F)(F)F)n4)CC3)CC2)s1. The third kappa shape index (κ3) is 4.94. The predicted octanol–water partition coefficient (Wildman–Crippen LogP) is 3.82. The van der Waals surface area contributed by atoms with Gasteiger partial charge in [0.15, 0.2) is 0 Å². The fourth-order valence-corrected chi connectivity index (χ4v) is 5.11. The van der Waals surface area contributed by atoms with Gasteiger partial charge in [0.2, 0.25) is 0 Å². The maximum absolute atomic E-state index is 12.9. The number of nitriles is 1. The van der Waals surface area contributed by atoms with E-state index >= 15 is 0 Å². The molecule has 2 aliphatic rings. The number of piperazine rings is 1. The van der Waals surface area contributed by atoms with Crippen molar-refractivity contribution in [3.8, 4) is 6.07 Å². The summed E-state index contributed by atoms with van der Waals surface area (Å²) in [6.07, 6.45) is -2.22. The standard InChI is InChI=1S/C21H24F3N5S/c22-21(23,24)19-2-1-3-20(26-19)29-12-10-28(11-13-29)16-6-8-27(9-7-16)15-18-5-4-17(14-25)30-18/h1-5,16H,6-13,15H2. The largest absolute Gasteiger partial charge is 0.433 e. The summed E-state index contributed by atoms with van der Waals surface area (Å²) in [6, 6.07) is 10.7. The lowest BCUT2D eigenvalue weighted by Gasteiger charge is -2.43. The first-order chi connectivity index (χ1) is 14.4. The molecule has 9 heteroatoms. The highest BCUT2D eigenvalue weighted by Crippen LogP contribution is 2.29. The normalized spacial score (nSPS) is 19.7. The Bertz CT molecular complexity index is 891. The van der Waals surface area contributed by atoms with Crippen molar-refractivity contribution in [1.82, 2.24) is 14.8 Å². The summed E-state index contributed by atoms with van der Waals surface area (Å²) in [7, 11) is 0. The van der Waals surface area contributed by atoms with Crippen LogP contribution in [-0.2, 0) is 12.7 Å². The molecular formula is C21H24F3N5S. The Labute approximate surface area is 178 Å². The average Bonchev–Trinajstić information content (AvgIpc) is 3.21. The second kappa shape index (κ2) is 8.92. The van der Waals surface area contributed by atoms with E-state index in [4.69, 9.17) is 5.26 Å². The van der Waals surface area contributed by atoms with E-state index in [1.54, 1.807) is 17.4 Å². The fraction of sp³-hybridized carbons (Fsp3) is 0.524. The van der Waals surface area contributed by atoms with Crippen molar-refractivity contribution in [3.63, 3.8) is 0 Å². The van der Waals surface area contributed by atoms with Crippen molar-refractivity contribution in [1.29, 1.82) is 5.26 Å². The van der Waals surface area contributed by atoms with Crippen LogP contribution in [-0.4, -0.2) is 60.1 Å². The zero-order valence-electron chi connectivity index (χ0n) is 16.6. The van der Waals surface area contributed by atoms with Crippen LogP contribution in [0.15, 0.2) is 30.3 Å². The molecule has 0 bridgehead atoms. The van der Waals surface area contributed by atoms with E-state index in [1.165, 1.54) is 10.9 Å². The van der Waals surface area contributed by atoms with Crippen molar-refractivity contribution < 1.29 is 13.2 Å². The molecule has 0 spiro atoms. The number of aromatic nitrogens is 1. The number of anilines is 1. The van der Waals surface area contributed by atoms with E-state index in [2.05, 4.69) is 20.9 Å². The second-order valence-electron chi connectivity index (χ2n) is 7.79. The van der Waals surface area contributed by atoms with Gasteiger partial charge in [-0.05, 0) is 37.1 Å². The molecular weight excluding hydrogens is 411 g/mol. The van der Waals surface area contributed by atoms with Crippen LogP contribution in [0.3, 0.4) is 0 Å². The van der Waals surface area contributed by atoms with Gasteiger partial charge in [-0.3, -0.25) is 9.80 Å². The Kier molecular flexibility index (Phi) is 6.27. The number of nitrogens with zero attached hydrogens (tertiary/aromatic N) is 5. The number of rotatable bonds is 4. The molecule has 0 aromatic carbocycles. The lowest BCUT2D eigenvalue weighted by Crippen LogP contribution is -2.53. The van der Waals surface area contributed by atoms with Crippen molar-refractivity contribution in [2.75, 3.05) is 44.2 Å². The molecule has 4 rings (SSSR count). The summed E-state index contributed by atoms with van der Waals surface area (Å²) < 4.78 is 38.8. The van der Waals surface area contributed by atoms with Crippen LogP contribution < -0.4 is 4.90 Å². The van der Waals surface area contributed by atoms with Crippen molar-refractivity contribution in [3.05, 3.63) is 45.8 Å². The van der Waals surface area contributed by atoms with E-state index in [-0.39, 0.29) is 0 Å². The molecule has 0 amide bonds. The first-order valence-corrected chi connectivity index (χ1v) is 11.0. The highest BCUT2D eigenvalue weighted by atomic mass is 32.1. The monoisotopic (exact) mass is 435 g/mol. The quantitative estimate of drug-likeness (QED) is 0.731. The number of thiophene rings is 1. The van der Waals surface area contributed by atoms with E-state index in [1.807, 2.05) is 17.0 Å². The molecule has 0 saturated carbocycles. The Morgan fingerprint density at radius 1 is 1.03 bits per heavy atom. The smallest absolute Gasteiger partial charge is 0.354 e. The van der Waals surface area contributed by atoms with Gasteiger partial charge >= 0.3 is 6.18 Å². The average molecular weight is 436 g/mol. The number of halogens is 3. The van der Waals surface area contributed by atoms with Crippen LogP contribution in [0.1, 0.15) is 28.3 Å². The van der Waals surface area contributed by atoms with E-state index in [0.717, 1.165) is 56.5 Å². The lowest BCUT2D eigenvalue weighted by atomic mass is 10.0. The molecule has 0 radical (unpaired) electrons. The van der Waals surface area contributed by atoms with E-state index < -0.39 is 11.9 Å². The zero-order chi connectivity index (χ0) is 21.1. The molecule has 2 aromatic rings. The van der Waals surface area contributed by atoms with Crippen LogP contribution in [0.5, 0.6) is 0 Å². The van der Waals surface area contributed by atoms with Gasteiger partial charge in [-0.15, -0.1) is 11.3 Å². The molecule has 160 valence electrons. The van der Waals surface area contributed by atoms with Gasteiger partial charge in [-0.2, -0.15) is 18.4 Å². The molecule has 2 aromatic heterocycles. The summed E-state index contributed by atoms with van der Waals surface area (Å²) >= 11 is 1.56. The summed E-state index contributed by atoms with van der Waals surface area (Å²) in [5.74, 6) is 0.409. The summed E-state index contributed by atoms with van der Waals surface area (Å²) in [5, 5.41) is 8.96. The second-order valence-corrected chi connectivity index (χ2v) is 8.96. The Hall–Kier alpha value is -2.15. The first-order valence-electron chi connectivity index (χ1n) is 10.2. The maximum atomic E-state index is 12.9. The Balaban J connectivity index is 1.26. The van der Waals surface area contributed by atoms with Gasteiger partial charge in [0, 0.05) is 56.7 Å². The maximum Gasteiger partial charge on any atom is 0.433 e. The molecule has 2 saturated heterocycles.